The molecule has 1 aromatic carbocycles. The third kappa shape index (κ3) is 2.28. The topological polar surface area (TPSA) is 106 Å². The molecule has 2 N–H and O–H groups in total. The van der Waals surface area contributed by atoms with Gasteiger partial charge in [-0.15, -0.1) is 4.68 Å². The molecule has 0 aliphatic carbocycles. The predicted octanol–water partition coefficient (Wildman–Crippen LogP) is -0.102. The molecule has 0 fully saturated rings. The lowest BCUT2D eigenvalue weighted by molar-refractivity contribution is -0.598. The lowest BCUT2D eigenvalue weighted by Crippen LogP contribution is -2.45. The number of rotatable bonds is 4. The summed E-state index contributed by atoms with van der Waals surface area (Å²) in [5.41, 5.74) is 0.706. The van der Waals surface area contributed by atoms with Gasteiger partial charge in [0.05, 0.1) is 17.8 Å². The van der Waals surface area contributed by atoms with Crippen molar-refractivity contribution in [1.29, 1.82) is 0 Å². The second kappa shape index (κ2) is 5.36. The summed E-state index contributed by atoms with van der Waals surface area (Å²) < 4.78 is 24.2. The van der Waals surface area contributed by atoms with E-state index >= 15 is 0 Å². The molecule has 0 saturated carbocycles. The van der Waals surface area contributed by atoms with Crippen LogP contribution in [0, 0.1) is 0 Å². The number of fused-ring (bicyclic) bond motifs is 1. The standard InChI is InChI=1S/C12H13N4O4PS/c1-19-9-5-3-8(4-6-9)11-14-16-10(21(17,18)20-2)7-22-12(16)15(11)13/h3-7H,13H2,1-2H3. The highest BCUT2D eigenvalue weighted by Gasteiger charge is 2.29. The van der Waals surface area contributed by atoms with Crippen LogP contribution in [0.15, 0.2) is 29.6 Å². The zero-order valence-electron chi connectivity index (χ0n) is 11.8. The summed E-state index contributed by atoms with van der Waals surface area (Å²) in [6.07, 6.45) is 0. The van der Waals surface area contributed by atoms with Crippen molar-refractivity contribution >= 4 is 29.3 Å². The summed E-state index contributed by atoms with van der Waals surface area (Å²) in [5, 5.41) is 5.73. The molecule has 1 unspecified atom stereocenters. The second-order valence-electron chi connectivity index (χ2n) is 4.39. The molecule has 0 aliphatic heterocycles. The number of nitrogen functional groups attached to an aromatic ring is 1. The highest BCUT2D eigenvalue weighted by Crippen LogP contribution is 2.35. The van der Waals surface area contributed by atoms with Crippen molar-refractivity contribution in [3.8, 4) is 17.1 Å². The van der Waals surface area contributed by atoms with E-state index in [-0.39, 0.29) is 5.44 Å². The Morgan fingerprint density at radius 1 is 1.36 bits per heavy atom. The highest BCUT2D eigenvalue weighted by atomic mass is 32.1. The van der Waals surface area contributed by atoms with Crippen molar-refractivity contribution < 1.29 is 23.4 Å². The number of thiazole rings is 1. The molecule has 0 aliphatic rings. The van der Waals surface area contributed by atoms with Crippen LogP contribution in [0.2, 0.25) is 0 Å². The molecule has 8 nitrogen and oxygen atoms in total. The van der Waals surface area contributed by atoms with Gasteiger partial charge >= 0.3 is 10.8 Å². The minimum absolute atomic E-state index is 0.0334. The number of aromatic nitrogens is 3. The molecule has 116 valence electrons. The third-order valence-electron chi connectivity index (χ3n) is 3.17. The lowest BCUT2D eigenvalue weighted by atomic mass is 10.2. The van der Waals surface area contributed by atoms with E-state index in [2.05, 4.69) is 9.62 Å². The minimum atomic E-state index is -4.16. The van der Waals surface area contributed by atoms with Crippen LogP contribution in [-0.4, -0.2) is 23.8 Å². The Labute approximate surface area is 129 Å². The van der Waals surface area contributed by atoms with Gasteiger partial charge in [-0.2, -0.15) is 0 Å². The van der Waals surface area contributed by atoms with Gasteiger partial charge in [-0.05, 0) is 24.3 Å². The predicted molar refractivity (Wildman–Crippen MR) is 79.7 cm³/mol. The monoisotopic (exact) mass is 340 g/mol. The Hall–Kier alpha value is -1.93. The van der Waals surface area contributed by atoms with E-state index in [0.29, 0.717) is 16.5 Å². The number of nitrogens with zero attached hydrogens (tertiary/aromatic N) is 3. The van der Waals surface area contributed by atoms with Gasteiger partial charge in [0.1, 0.15) is 5.75 Å². The molecule has 3 rings (SSSR count). The first-order chi connectivity index (χ1) is 10.5. The first-order valence-electron chi connectivity index (χ1n) is 6.17. The van der Waals surface area contributed by atoms with Crippen molar-refractivity contribution in [3.05, 3.63) is 29.6 Å². The summed E-state index contributed by atoms with van der Waals surface area (Å²) in [7, 11) is -1.47. The number of hydrogen-bond donors (Lipinski definition) is 1. The molecule has 0 bridgehead atoms. The molecular formula is C12H13N4O4PS. The van der Waals surface area contributed by atoms with Crippen LogP contribution in [0.3, 0.4) is 0 Å². The number of benzene rings is 1. The van der Waals surface area contributed by atoms with Crippen LogP contribution in [0.5, 0.6) is 5.75 Å². The van der Waals surface area contributed by atoms with Crippen molar-refractivity contribution in [2.75, 3.05) is 20.1 Å². The molecule has 2 heterocycles. The normalized spacial score (nSPS) is 14.1. The number of nitrogens with two attached hydrogens (primary N) is 1. The molecule has 0 saturated heterocycles. The van der Waals surface area contributed by atoms with Crippen LogP contribution < -0.4 is 25.6 Å². The Kier molecular flexibility index (Phi) is 3.65. The molecular weight excluding hydrogens is 327 g/mol. The molecule has 2 aromatic heterocycles. The zero-order valence-corrected chi connectivity index (χ0v) is 13.5. The number of methoxy groups -OCH3 is 1. The van der Waals surface area contributed by atoms with Crippen LogP contribution in [0.25, 0.3) is 16.3 Å². The summed E-state index contributed by atoms with van der Waals surface area (Å²) in [6, 6.07) is 7.14. The van der Waals surface area contributed by atoms with Crippen LogP contribution in [0.1, 0.15) is 0 Å². The Morgan fingerprint density at radius 2 is 2.05 bits per heavy atom. The quantitative estimate of drug-likeness (QED) is 0.404. The fraction of sp³-hybridized carbons (Fsp3) is 0.167. The molecule has 0 spiro atoms. The van der Waals surface area contributed by atoms with Gasteiger partial charge in [0, 0.05) is 12.5 Å². The van der Waals surface area contributed by atoms with E-state index in [0.717, 1.165) is 12.7 Å². The van der Waals surface area contributed by atoms with E-state index in [4.69, 9.17) is 10.6 Å². The average molecular weight is 340 g/mol. The fourth-order valence-corrected chi connectivity index (χ4v) is 4.05. The van der Waals surface area contributed by atoms with Gasteiger partial charge in [0.25, 0.3) is 0 Å². The van der Waals surface area contributed by atoms with Crippen molar-refractivity contribution in [2.45, 2.75) is 0 Å². The minimum Gasteiger partial charge on any atom is -0.773 e. The van der Waals surface area contributed by atoms with Gasteiger partial charge in [-0.3, -0.25) is 5.84 Å². The highest BCUT2D eigenvalue weighted by molar-refractivity contribution is 7.60. The summed E-state index contributed by atoms with van der Waals surface area (Å²) in [4.78, 5) is 12.4. The van der Waals surface area contributed by atoms with E-state index in [1.54, 1.807) is 31.4 Å². The van der Waals surface area contributed by atoms with Crippen molar-refractivity contribution in [2.24, 2.45) is 0 Å². The van der Waals surface area contributed by atoms with E-state index in [1.165, 1.54) is 25.9 Å². The van der Waals surface area contributed by atoms with Gasteiger partial charge in [-0.25, -0.2) is 0 Å². The van der Waals surface area contributed by atoms with Gasteiger partial charge < -0.3 is 18.7 Å². The number of hydrogen-bond acceptors (Lipinski definition) is 7. The summed E-state index contributed by atoms with van der Waals surface area (Å²) >= 11 is 1.17. The third-order valence-corrected chi connectivity index (χ3v) is 5.62. The first kappa shape index (κ1) is 15.0. The van der Waals surface area contributed by atoms with Crippen LogP contribution in [-0.2, 0) is 9.09 Å². The van der Waals surface area contributed by atoms with Gasteiger partial charge in [0.2, 0.25) is 13.0 Å². The first-order valence-corrected chi connectivity index (χ1v) is 8.59. The molecule has 3 aromatic rings. The van der Waals surface area contributed by atoms with E-state index in [1.807, 2.05) is 0 Å². The molecule has 22 heavy (non-hydrogen) atoms. The Balaban J connectivity index is 2.15. The van der Waals surface area contributed by atoms with Gasteiger partial charge in [0.15, 0.2) is 0 Å². The largest absolute Gasteiger partial charge is 0.773 e. The zero-order chi connectivity index (χ0) is 15.9. The summed E-state index contributed by atoms with van der Waals surface area (Å²) in [6.45, 7) is 0. The maximum atomic E-state index is 11.9. The lowest BCUT2D eigenvalue weighted by Gasteiger charge is -2.15. The maximum absolute atomic E-state index is 11.9. The summed E-state index contributed by atoms with van der Waals surface area (Å²) in [5.74, 6) is 7.16. The van der Waals surface area contributed by atoms with Crippen LogP contribution in [0.4, 0.5) is 0 Å². The molecule has 1 atom stereocenters. The molecule has 0 radical (unpaired) electrons. The number of ether oxygens (including phenoxy) is 1. The average Bonchev–Trinajstić information content (AvgIpc) is 3.08. The molecule has 10 heteroatoms. The fourth-order valence-electron chi connectivity index (χ4n) is 2.00. The van der Waals surface area contributed by atoms with Crippen molar-refractivity contribution in [1.82, 2.24) is 9.61 Å². The Morgan fingerprint density at radius 3 is 2.64 bits per heavy atom. The van der Waals surface area contributed by atoms with E-state index < -0.39 is 7.60 Å². The molecule has 0 amide bonds. The maximum Gasteiger partial charge on any atom is 0.346 e. The SMILES string of the molecule is COc1ccc(-c2nn3c(P(=O)([O-])OC)csc3[n+]2N)cc1. The van der Waals surface area contributed by atoms with Crippen LogP contribution >= 0.6 is 18.9 Å². The van der Waals surface area contributed by atoms with Crippen molar-refractivity contribution in [3.63, 3.8) is 0 Å². The smallest absolute Gasteiger partial charge is 0.346 e. The van der Waals surface area contributed by atoms with E-state index in [9.17, 15) is 9.46 Å². The second-order valence-corrected chi connectivity index (χ2v) is 7.05. The Bertz CT molecular complexity index is 873. The van der Waals surface area contributed by atoms with Gasteiger partial charge in [-0.1, -0.05) is 15.9 Å².